The van der Waals surface area contributed by atoms with Gasteiger partial charge in [-0.2, -0.15) is 0 Å². The van der Waals surface area contributed by atoms with E-state index in [0.29, 0.717) is 0 Å². The van der Waals surface area contributed by atoms with Crippen LogP contribution in [0.25, 0.3) is 0 Å². The highest BCUT2D eigenvalue weighted by molar-refractivity contribution is 6.33. The number of carbonyl (C=O) groups excluding carboxylic acids is 2. The first kappa shape index (κ1) is 17.9. The summed E-state index contributed by atoms with van der Waals surface area (Å²) in [6.45, 7) is 2.78. The van der Waals surface area contributed by atoms with Gasteiger partial charge in [-0.25, -0.2) is 9.59 Å². The van der Waals surface area contributed by atoms with Crippen molar-refractivity contribution in [3.63, 3.8) is 0 Å². The molecule has 1 N–H and O–H groups in total. The van der Waals surface area contributed by atoms with Crippen LogP contribution in [-0.2, 0) is 19.1 Å². The van der Waals surface area contributed by atoms with E-state index in [9.17, 15) is 22.8 Å². The summed E-state index contributed by atoms with van der Waals surface area (Å²) in [6.07, 6.45) is -3.85. The molecule has 0 spiro atoms. The van der Waals surface area contributed by atoms with Crippen LogP contribution in [0.5, 0.6) is 5.75 Å². The fourth-order valence-electron chi connectivity index (χ4n) is 1.74. The number of ether oxygens (including phenoxy) is 3. The maximum absolute atomic E-state index is 12.1. The molecule has 24 heavy (non-hydrogen) atoms. The molecule has 0 aromatic heterocycles. The van der Waals surface area contributed by atoms with E-state index in [-0.39, 0.29) is 10.7 Å². The highest BCUT2D eigenvalue weighted by atomic mass is 35.5. The number of rotatable bonds is 3. The van der Waals surface area contributed by atoms with Gasteiger partial charge in [0.2, 0.25) is 0 Å². The summed E-state index contributed by atoms with van der Waals surface area (Å²) in [5.74, 6) is -3.70. The normalized spacial score (nSPS) is 17.0. The minimum atomic E-state index is -4.84. The second-order valence-electron chi connectivity index (χ2n) is 5.07. The van der Waals surface area contributed by atoms with Gasteiger partial charge in [0.25, 0.3) is 5.79 Å². The summed E-state index contributed by atoms with van der Waals surface area (Å²) >= 11 is 5.82. The standard InChI is InChI=1S/C14H11ClF3NO5/c1-13(2)23-11(20)8(12(21)24-13)6-19-10-4-3-7(5-9(10)15)22-14(16,17)18/h3-6,19H,1-2H3. The summed E-state index contributed by atoms with van der Waals surface area (Å²) in [7, 11) is 0. The van der Waals surface area contributed by atoms with Crippen LogP contribution in [0.1, 0.15) is 13.8 Å². The van der Waals surface area contributed by atoms with Crippen molar-refractivity contribution in [3.8, 4) is 5.75 Å². The lowest BCUT2D eigenvalue weighted by Crippen LogP contribution is -2.42. The minimum absolute atomic E-state index is 0.119. The van der Waals surface area contributed by atoms with Gasteiger partial charge < -0.3 is 19.5 Å². The highest BCUT2D eigenvalue weighted by Crippen LogP contribution is 2.30. The molecule has 0 atom stereocenters. The molecule has 0 radical (unpaired) electrons. The molecule has 0 unspecified atom stereocenters. The number of benzene rings is 1. The molecule has 0 amide bonds. The Morgan fingerprint density at radius 1 is 1.21 bits per heavy atom. The maximum Gasteiger partial charge on any atom is 0.573 e. The second kappa shape index (κ2) is 6.23. The molecular formula is C14H11ClF3NO5. The Hall–Kier alpha value is -2.42. The van der Waals surface area contributed by atoms with E-state index in [1.165, 1.54) is 19.9 Å². The molecular weight excluding hydrogens is 355 g/mol. The number of esters is 2. The third-order valence-electron chi connectivity index (χ3n) is 2.66. The maximum atomic E-state index is 12.1. The Morgan fingerprint density at radius 3 is 2.29 bits per heavy atom. The predicted molar refractivity (Wildman–Crippen MR) is 76.1 cm³/mol. The summed E-state index contributed by atoms with van der Waals surface area (Å²) in [5, 5.41) is 2.41. The van der Waals surface area contributed by atoms with E-state index < -0.39 is 35.4 Å². The van der Waals surface area contributed by atoms with Crippen LogP contribution in [0.15, 0.2) is 30.0 Å². The third kappa shape index (κ3) is 4.54. The molecule has 1 aromatic carbocycles. The molecule has 1 heterocycles. The zero-order valence-corrected chi connectivity index (χ0v) is 13.1. The molecule has 0 saturated carbocycles. The second-order valence-corrected chi connectivity index (χ2v) is 5.48. The van der Waals surface area contributed by atoms with Crippen molar-refractivity contribution >= 4 is 29.2 Å². The summed E-state index contributed by atoms with van der Waals surface area (Å²) in [6, 6.07) is 3.13. The largest absolute Gasteiger partial charge is 0.573 e. The number of carbonyl (C=O) groups is 2. The number of nitrogens with one attached hydrogen (secondary N) is 1. The van der Waals surface area contributed by atoms with Crippen LogP contribution >= 0.6 is 11.6 Å². The Bertz CT molecular complexity index is 693. The first-order valence-electron chi connectivity index (χ1n) is 6.45. The lowest BCUT2D eigenvalue weighted by atomic mass is 10.2. The van der Waals surface area contributed by atoms with Crippen molar-refractivity contribution in [2.75, 3.05) is 5.32 Å². The summed E-state index contributed by atoms with van der Waals surface area (Å²) in [4.78, 5) is 23.5. The van der Waals surface area contributed by atoms with Gasteiger partial charge in [-0.3, -0.25) is 0 Å². The van der Waals surface area contributed by atoms with Gasteiger partial charge in [-0.1, -0.05) is 11.6 Å². The average Bonchev–Trinajstić information content (AvgIpc) is 2.36. The van der Waals surface area contributed by atoms with Gasteiger partial charge >= 0.3 is 18.3 Å². The number of alkyl halides is 3. The molecule has 1 aliphatic rings. The number of hydrogen-bond acceptors (Lipinski definition) is 6. The summed E-state index contributed by atoms with van der Waals surface area (Å²) < 4.78 is 49.8. The van der Waals surface area contributed by atoms with E-state index in [4.69, 9.17) is 21.1 Å². The molecule has 130 valence electrons. The van der Waals surface area contributed by atoms with E-state index in [2.05, 4.69) is 10.1 Å². The molecule has 1 aliphatic heterocycles. The van der Waals surface area contributed by atoms with Gasteiger partial charge in [-0.05, 0) is 12.1 Å². The monoisotopic (exact) mass is 365 g/mol. The Labute approximate surface area is 139 Å². The van der Waals surface area contributed by atoms with Crippen LogP contribution in [0.4, 0.5) is 18.9 Å². The van der Waals surface area contributed by atoms with Gasteiger partial charge in [0.1, 0.15) is 5.75 Å². The summed E-state index contributed by atoms with van der Waals surface area (Å²) in [5.41, 5.74) is -0.273. The topological polar surface area (TPSA) is 73.9 Å². The number of hydrogen-bond donors (Lipinski definition) is 1. The highest BCUT2D eigenvalue weighted by Gasteiger charge is 2.39. The van der Waals surface area contributed by atoms with E-state index in [0.717, 1.165) is 18.3 Å². The minimum Gasteiger partial charge on any atom is -0.419 e. The number of cyclic esters (lactones) is 2. The van der Waals surface area contributed by atoms with Crippen molar-refractivity contribution in [2.45, 2.75) is 26.0 Å². The first-order chi connectivity index (χ1) is 11.0. The van der Waals surface area contributed by atoms with Crippen molar-refractivity contribution in [3.05, 3.63) is 35.0 Å². The van der Waals surface area contributed by atoms with Crippen LogP contribution in [0.3, 0.4) is 0 Å². The van der Waals surface area contributed by atoms with Gasteiger partial charge in [-0.15, -0.1) is 13.2 Å². The average molecular weight is 366 g/mol. The van der Waals surface area contributed by atoms with Crippen molar-refractivity contribution in [1.82, 2.24) is 0 Å². The van der Waals surface area contributed by atoms with E-state index in [1.54, 1.807) is 0 Å². The number of anilines is 1. The lowest BCUT2D eigenvalue weighted by molar-refractivity contribution is -0.274. The zero-order chi connectivity index (χ0) is 18.1. The van der Waals surface area contributed by atoms with E-state index >= 15 is 0 Å². The molecule has 1 aromatic rings. The quantitative estimate of drug-likeness (QED) is 0.503. The molecule has 1 saturated heterocycles. The molecule has 6 nitrogen and oxygen atoms in total. The molecule has 0 bridgehead atoms. The van der Waals surface area contributed by atoms with Crippen molar-refractivity contribution < 1.29 is 37.0 Å². The first-order valence-corrected chi connectivity index (χ1v) is 6.83. The molecule has 2 rings (SSSR count). The van der Waals surface area contributed by atoms with E-state index in [1.807, 2.05) is 0 Å². The fourth-order valence-corrected chi connectivity index (χ4v) is 1.96. The molecule has 10 heteroatoms. The van der Waals surface area contributed by atoms with Crippen LogP contribution in [0, 0.1) is 0 Å². The zero-order valence-electron chi connectivity index (χ0n) is 12.4. The predicted octanol–water partition coefficient (Wildman–Crippen LogP) is 3.37. The molecule has 1 fully saturated rings. The van der Waals surface area contributed by atoms with Gasteiger partial charge in [0, 0.05) is 26.1 Å². The van der Waals surface area contributed by atoms with Crippen molar-refractivity contribution in [2.24, 2.45) is 0 Å². The van der Waals surface area contributed by atoms with Crippen molar-refractivity contribution in [1.29, 1.82) is 0 Å². The SMILES string of the molecule is CC1(C)OC(=O)C(=CNc2ccc(OC(F)(F)F)cc2Cl)C(=O)O1. The smallest absolute Gasteiger partial charge is 0.419 e. The Balaban J connectivity index is 2.14. The molecule has 0 aliphatic carbocycles. The lowest BCUT2D eigenvalue weighted by Gasteiger charge is -2.29. The van der Waals surface area contributed by atoms with Crippen LogP contribution < -0.4 is 10.1 Å². The van der Waals surface area contributed by atoms with Crippen LogP contribution in [0.2, 0.25) is 5.02 Å². The van der Waals surface area contributed by atoms with Gasteiger partial charge in [0.15, 0.2) is 5.57 Å². The van der Waals surface area contributed by atoms with Crippen LogP contribution in [-0.4, -0.2) is 24.1 Å². The van der Waals surface area contributed by atoms with Gasteiger partial charge in [0.05, 0.1) is 10.7 Å². The number of halogens is 4. The Kier molecular flexibility index (Phi) is 4.66. The fraction of sp³-hybridized carbons (Fsp3) is 0.286. The third-order valence-corrected chi connectivity index (χ3v) is 2.98. The Morgan fingerprint density at radius 2 is 1.79 bits per heavy atom.